The Labute approximate surface area is 145 Å². The number of carbonyl (C=O) groups is 1. The molecule has 1 aliphatic rings. The smallest absolute Gasteiger partial charge is 0.321 e. The number of benzene rings is 2. The summed E-state index contributed by atoms with van der Waals surface area (Å²) in [6.07, 6.45) is 0.614. The number of nitrogens with zero attached hydrogens (tertiary/aromatic N) is 1. The van der Waals surface area contributed by atoms with Crippen LogP contribution < -0.4 is 14.9 Å². The predicted molar refractivity (Wildman–Crippen MR) is 94.2 cm³/mol. The average molecular weight is 366 g/mol. The largest absolute Gasteiger partial charge is 0.341 e. The zero-order chi connectivity index (χ0) is 17.3. The number of anilines is 2. The number of hydrogen-bond acceptors (Lipinski definition) is 3. The first-order chi connectivity index (χ1) is 11.4. The number of hydrogen-bond donors (Lipinski definition) is 2. The van der Waals surface area contributed by atoms with E-state index in [0.717, 1.165) is 11.3 Å². The van der Waals surface area contributed by atoms with Crippen LogP contribution in [0.1, 0.15) is 5.56 Å². The van der Waals surface area contributed by atoms with Crippen LogP contribution in [0.25, 0.3) is 0 Å². The van der Waals surface area contributed by atoms with Crippen LogP contribution in [-0.2, 0) is 16.4 Å². The summed E-state index contributed by atoms with van der Waals surface area (Å²) in [6.45, 7) is 0.528. The molecule has 8 heteroatoms. The van der Waals surface area contributed by atoms with Crippen LogP contribution in [0, 0.1) is 0 Å². The van der Waals surface area contributed by atoms with Crippen molar-refractivity contribution in [2.45, 2.75) is 11.3 Å². The number of nitrogens with one attached hydrogen (secondary N) is 2. The molecule has 2 aromatic rings. The minimum atomic E-state index is -3.72. The van der Waals surface area contributed by atoms with Gasteiger partial charge in [-0.2, -0.15) is 0 Å². The van der Waals surface area contributed by atoms with Crippen molar-refractivity contribution >= 4 is 39.0 Å². The zero-order valence-electron chi connectivity index (χ0n) is 12.9. The van der Waals surface area contributed by atoms with E-state index in [4.69, 9.17) is 11.6 Å². The highest BCUT2D eigenvalue weighted by Gasteiger charge is 2.26. The second kappa shape index (κ2) is 6.33. The highest BCUT2D eigenvalue weighted by molar-refractivity contribution is 7.92. The summed E-state index contributed by atoms with van der Waals surface area (Å²) in [4.78, 5) is 13.5. The molecule has 0 unspecified atom stereocenters. The molecule has 1 aliphatic heterocycles. The maximum absolute atomic E-state index is 12.5. The number of fused-ring (bicyclic) bond motifs is 1. The maximum atomic E-state index is 12.5. The highest BCUT2D eigenvalue weighted by Crippen LogP contribution is 2.31. The molecule has 0 aromatic heterocycles. The molecule has 126 valence electrons. The molecule has 3 rings (SSSR count). The Balaban J connectivity index is 1.89. The van der Waals surface area contributed by atoms with Crippen molar-refractivity contribution in [3.63, 3.8) is 0 Å². The monoisotopic (exact) mass is 365 g/mol. The molecule has 0 fully saturated rings. The lowest BCUT2D eigenvalue weighted by molar-refractivity contribution is 0.248. The number of halogens is 1. The summed E-state index contributed by atoms with van der Waals surface area (Å²) >= 11 is 5.88. The molecule has 6 nitrogen and oxygen atoms in total. The van der Waals surface area contributed by atoms with E-state index in [-0.39, 0.29) is 10.9 Å². The Bertz CT molecular complexity index is 899. The van der Waals surface area contributed by atoms with Crippen molar-refractivity contribution in [2.24, 2.45) is 0 Å². The molecule has 0 radical (unpaired) electrons. The van der Waals surface area contributed by atoms with Crippen molar-refractivity contribution in [1.29, 1.82) is 0 Å². The summed E-state index contributed by atoms with van der Waals surface area (Å²) in [5, 5.41) is 3.02. The molecule has 2 amide bonds. The molecule has 0 atom stereocenters. The van der Waals surface area contributed by atoms with Crippen molar-refractivity contribution in [2.75, 3.05) is 23.2 Å². The Hall–Kier alpha value is -2.25. The molecule has 0 spiro atoms. The Kier molecular flexibility index (Phi) is 4.38. The number of amides is 2. The van der Waals surface area contributed by atoms with Gasteiger partial charge in [0.2, 0.25) is 0 Å². The van der Waals surface area contributed by atoms with Gasteiger partial charge in [-0.3, -0.25) is 9.62 Å². The number of urea groups is 1. The van der Waals surface area contributed by atoms with Crippen LogP contribution in [0.15, 0.2) is 47.4 Å². The molecule has 0 saturated heterocycles. The Morgan fingerprint density at radius 1 is 1.21 bits per heavy atom. The van der Waals surface area contributed by atoms with E-state index in [1.807, 2.05) is 0 Å². The Morgan fingerprint density at radius 3 is 2.71 bits per heavy atom. The number of sulfonamides is 1. The second-order valence-electron chi connectivity index (χ2n) is 5.36. The third kappa shape index (κ3) is 3.18. The van der Waals surface area contributed by atoms with E-state index in [9.17, 15) is 13.2 Å². The van der Waals surface area contributed by atoms with Gasteiger partial charge in [0, 0.05) is 24.3 Å². The first-order valence-electron chi connectivity index (χ1n) is 7.31. The van der Waals surface area contributed by atoms with Crippen LogP contribution in [0.4, 0.5) is 16.2 Å². The van der Waals surface area contributed by atoms with Gasteiger partial charge in [0.15, 0.2) is 0 Å². The summed E-state index contributed by atoms with van der Waals surface area (Å²) < 4.78 is 27.6. The predicted octanol–water partition coefficient (Wildman–Crippen LogP) is 2.84. The lowest BCUT2D eigenvalue weighted by Crippen LogP contribution is -2.36. The molecule has 0 saturated carbocycles. The molecule has 2 N–H and O–H groups in total. The van der Waals surface area contributed by atoms with E-state index in [0.29, 0.717) is 23.7 Å². The van der Waals surface area contributed by atoms with Gasteiger partial charge in [0.05, 0.1) is 10.6 Å². The molecule has 1 heterocycles. The van der Waals surface area contributed by atoms with Crippen molar-refractivity contribution in [3.05, 3.63) is 53.1 Å². The van der Waals surface area contributed by atoms with Gasteiger partial charge in [0.25, 0.3) is 10.0 Å². The van der Waals surface area contributed by atoms with E-state index in [1.165, 1.54) is 6.07 Å². The van der Waals surface area contributed by atoms with Gasteiger partial charge in [0.1, 0.15) is 0 Å². The molecular formula is C16H16ClN3O3S. The summed E-state index contributed by atoms with van der Waals surface area (Å²) in [5.41, 5.74) is 1.96. The first kappa shape index (κ1) is 16.6. The van der Waals surface area contributed by atoms with Crippen LogP contribution in [0.5, 0.6) is 0 Å². The van der Waals surface area contributed by atoms with Crippen molar-refractivity contribution in [3.8, 4) is 0 Å². The van der Waals surface area contributed by atoms with Crippen LogP contribution in [0.2, 0.25) is 5.02 Å². The van der Waals surface area contributed by atoms with Gasteiger partial charge in [-0.05, 0) is 48.4 Å². The normalized spacial score (nSPS) is 13.5. The topological polar surface area (TPSA) is 78.5 Å². The zero-order valence-corrected chi connectivity index (χ0v) is 14.5. The average Bonchev–Trinajstić information content (AvgIpc) is 2.97. The van der Waals surface area contributed by atoms with Crippen molar-refractivity contribution < 1.29 is 13.2 Å². The van der Waals surface area contributed by atoms with Gasteiger partial charge in [-0.25, -0.2) is 13.2 Å². The fraction of sp³-hybridized carbons (Fsp3) is 0.188. The van der Waals surface area contributed by atoms with E-state index >= 15 is 0 Å². The van der Waals surface area contributed by atoms with Crippen LogP contribution in [-0.4, -0.2) is 28.0 Å². The van der Waals surface area contributed by atoms with Crippen molar-refractivity contribution in [1.82, 2.24) is 5.32 Å². The SMILES string of the molecule is CNC(=O)N1CCc2cc(S(=O)(=O)Nc3cccc(Cl)c3)ccc21. The first-order valence-corrected chi connectivity index (χ1v) is 9.17. The van der Waals surface area contributed by atoms with Crippen LogP contribution >= 0.6 is 11.6 Å². The third-order valence-electron chi connectivity index (χ3n) is 3.79. The van der Waals surface area contributed by atoms with E-state index in [2.05, 4.69) is 10.0 Å². The minimum Gasteiger partial charge on any atom is -0.341 e. The summed E-state index contributed by atoms with van der Waals surface area (Å²) in [5.74, 6) is 0. The fourth-order valence-corrected chi connectivity index (χ4v) is 3.95. The maximum Gasteiger partial charge on any atom is 0.321 e. The van der Waals surface area contributed by atoms with Crippen LogP contribution in [0.3, 0.4) is 0 Å². The molecular weight excluding hydrogens is 350 g/mol. The molecule has 0 bridgehead atoms. The number of rotatable bonds is 3. The molecule has 0 aliphatic carbocycles. The van der Waals surface area contributed by atoms with E-state index in [1.54, 1.807) is 48.3 Å². The van der Waals surface area contributed by atoms with Gasteiger partial charge < -0.3 is 5.32 Å². The van der Waals surface area contributed by atoms with Gasteiger partial charge in [-0.1, -0.05) is 17.7 Å². The van der Waals surface area contributed by atoms with Gasteiger partial charge in [-0.15, -0.1) is 0 Å². The fourth-order valence-electron chi connectivity index (χ4n) is 2.66. The quantitative estimate of drug-likeness (QED) is 0.877. The lowest BCUT2D eigenvalue weighted by atomic mass is 10.2. The Morgan fingerprint density at radius 2 is 2.00 bits per heavy atom. The second-order valence-corrected chi connectivity index (χ2v) is 7.48. The summed E-state index contributed by atoms with van der Waals surface area (Å²) in [7, 11) is -2.16. The standard InChI is InChI=1S/C16H16ClN3O3S/c1-18-16(21)20-8-7-11-9-14(5-6-15(11)20)24(22,23)19-13-4-2-3-12(17)10-13/h2-6,9-10,19H,7-8H2,1H3,(H,18,21). The summed E-state index contributed by atoms with van der Waals surface area (Å²) in [6, 6.07) is 11.1. The van der Waals surface area contributed by atoms with Gasteiger partial charge >= 0.3 is 6.03 Å². The third-order valence-corrected chi connectivity index (χ3v) is 5.41. The highest BCUT2D eigenvalue weighted by atomic mass is 35.5. The number of carbonyl (C=O) groups excluding carboxylic acids is 1. The minimum absolute atomic E-state index is 0.153. The molecule has 24 heavy (non-hydrogen) atoms. The molecule has 2 aromatic carbocycles. The lowest BCUT2D eigenvalue weighted by Gasteiger charge is -2.16. The van der Waals surface area contributed by atoms with E-state index < -0.39 is 10.0 Å².